The van der Waals surface area contributed by atoms with E-state index in [4.69, 9.17) is 0 Å². The third-order valence-electron chi connectivity index (χ3n) is 12.8. The molecule has 275 valence electrons. The van der Waals surface area contributed by atoms with Gasteiger partial charge < -0.3 is 20.5 Å². The SMILES string of the molecule is CC1(C)N([O])C(c2ccc(N(c3ccc(C4=[N+]([O-])C(C)(C)C(C)(C)N4[O])cc3)c3ccc(C4=[N+]([O-])C(C)(C)C(C)(C)N4[O])cc3)cc2)=[N+]([O-])C1(C)C. The maximum Gasteiger partial charge on any atom is 0.316 e. The fourth-order valence-corrected chi connectivity index (χ4v) is 6.76. The van der Waals surface area contributed by atoms with Gasteiger partial charge in [-0.05, 0) is 156 Å². The molecule has 0 spiro atoms. The van der Waals surface area contributed by atoms with Crippen LogP contribution in [0.15, 0.2) is 72.8 Å². The molecule has 0 aromatic heterocycles. The van der Waals surface area contributed by atoms with Crippen molar-refractivity contribution in [3.8, 4) is 0 Å². The van der Waals surface area contributed by atoms with Crippen LogP contribution in [0.3, 0.4) is 0 Å². The molecule has 3 aromatic rings. The van der Waals surface area contributed by atoms with Gasteiger partial charge in [-0.25, -0.2) is 0 Å². The van der Waals surface area contributed by atoms with Crippen LogP contribution in [0.5, 0.6) is 0 Å². The average molecular weight is 711 g/mol. The maximum absolute atomic E-state index is 13.4. The lowest BCUT2D eigenvalue weighted by molar-refractivity contribution is -0.539. The Balaban J connectivity index is 1.43. The Bertz CT molecular complexity index is 1780. The lowest BCUT2D eigenvalue weighted by Gasteiger charge is -2.32. The maximum atomic E-state index is 13.4. The Morgan fingerprint density at radius 3 is 0.750 bits per heavy atom. The van der Waals surface area contributed by atoms with E-state index in [1.165, 1.54) is 0 Å². The summed E-state index contributed by atoms with van der Waals surface area (Å²) in [5.74, 6) is 0.0676. The van der Waals surface area contributed by atoms with E-state index in [0.29, 0.717) is 33.8 Å². The quantitative estimate of drug-likeness (QED) is 0.207. The molecule has 0 unspecified atom stereocenters. The highest BCUT2D eigenvalue weighted by atomic mass is 16.6. The molecule has 0 amide bonds. The van der Waals surface area contributed by atoms with E-state index in [-0.39, 0.29) is 17.5 Å². The third-order valence-corrected chi connectivity index (χ3v) is 12.8. The van der Waals surface area contributed by atoms with Gasteiger partial charge in [-0.15, -0.1) is 0 Å². The van der Waals surface area contributed by atoms with Gasteiger partial charge in [0.15, 0.2) is 16.6 Å². The van der Waals surface area contributed by atoms with Gasteiger partial charge in [0.2, 0.25) is 0 Å². The third kappa shape index (κ3) is 4.75. The van der Waals surface area contributed by atoms with Gasteiger partial charge >= 0.3 is 17.5 Å². The van der Waals surface area contributed by atoms with E-state index in [0.717, 1.165) is 29.4 Å². The second-order valence-electron chi connectivity index (χ2n) is 17.1. The van der Waals surface area contributed by atoms with Gasteiger partial charge in [0.1, 0.15) is 16.6 Å². The predicted octanol–water partition coefficient (Wildman–Crippen LogP) is 6.58. The van der Waals surface area contributed by atoms with Gasteiger partial charge in [-0.1, -0.05) is 15.2 Å². The smallest absolute Gasteiger partial charge is 0.316 e. The van der Waals surface area contributed by atoms with Crippen molar-refractivity contribution in [1.29, 1.82) is 0 Å². The molecule has 3 radical (unpaired) electrons. The monoisotopic (exact) mass is 710 g/mol. The molecule has 0 fully saturated rings. The molecule has 3 aliphatic heterocycles. The Morgan fingerprint density at radius 1 is 0.404 bits per heavy atom. The number of nitrogens with zero attached hydrogens (tertiary/aromatic N) is 7. The van der Waals surface area contributed by atoms with Crippen LogP contribution in [0.4, 0.5) is 17.1 Å². The number of anilines is 3. The lowest BCUT2D eigenvalue weighted by Crippen LogP contribution is -2.53. The van der Waals surface area contributed by atoms with Crippen LogP contribution in [0.25, 0.3) is 0 Å². The lowest BCUT2D eigenvalue weighted by atomic mass is 9.84. The predicted molar refractivity (Wildman–Crippen MR) is 196 cm³/mol. The van der Waals surface area contributed by atoms with Crippen molar-refractivity contribution < 1.29 is 29.8 Å². The Morgan fingerprint density at radius 2 is 0.596 bits per heavy atom. The number of rotatable bonds is 6. The van der Waals surface area contributed by atoms with Crippen LogP contribution >= 0.6 is 0 Å². The number of hydroxylamine groups is 9. The summed E-state index contributed by atoms with van der Waals surface area (Å²) < 4.78 is 2.32. The molecule has 13 heteroatoms. The normalized spacial score (nSPS) is 22.6. The molecular weight excluding hydrogens is 662 g/mol. The molecule has 0 atom stereocenters. The van der Waals surface area contributed by atoms with Crippen molar-refractivity contribution in [3.63, 3.8) is 0 Å². The molecule has 52 heavy (non-hydrogen) atoms. The minimum Gasteiger partial charge on any atom is -0.714 e. The zero-order chi connectivity index (χ0) is 38.7. The van der Waals surface area contributed by atoms with Gasteiger partial charge in [0.25, 0.3) is 0 Å². The van der Waals surface area contributed by atoms with E-state index >= 15 is 0 Å². The second-order valence-corrected chi connectivity index (χ2v) is 17.1. The molecule has 3 heterocycles. The Hall–Kier alpha value is -4.85. The summed E-state index contributed by atoms with van der Waals surface area (Å²) in [4.78, 5) is 1.92. The molecule has 3 aromatic carbocycles. The molecule has 0 saturated carbocycles. The van der Waals surface area contributed by atoms with Crippen molar-refractivity contribution in [2.45, 2.75) is 116 Å². The number of hydrogen-bond acceptors (Lipinski definition) is 7. The summed E-state index contributed by atoms with van der Waals surface area (Å²) >= 11 is 0. The van der Waals surface area contributed by atoms with E-state index in [2.05, 4.69) is 0 Å². The fraction of sp³-hybridized carbons (Fsp3) is 0.462. The van der Waals surface area contributed by atoms with Gasteiger partial charge in [-0.3, -0.25) is 14.2 Å². The minimum absolute atomic E-state index is 0.0225. The average Bonchev–Trinajstić information content (AvgIpc) is 3.35. The van der Waals surface area contributed by atoms with Crippen molar-refractivity contribution >= 4 is 34.6 Å². The van der Waals surface area contributed by atoms with Gasteiger partial charge in [-0.2, -0.15) is 0 Å². The largest absolute Gasteiger partial charge is 0.714 e. The first-order chi connectivity index (χ1) is 23.8. The van der Waals surface area contributed by atoms with Crippen LogP contribution in [-0.2, 0) is 15.6 Å². The number of benzene rings is 3. The Labute approximate surface area is 305 Å². The van der Waals surface area contributed by atoms with Gasteiger partial charge in [0.05, 0.1) is 16.7 Å². The van der Waals surface area contributed by atoms with E-state index in [9.17, 15) is 31.2 Å². The van der Waals surface area contributed by atoms with Crippen molar-refractivity contribution in [2.75, 3.05) is 4.90 Å². The highest BCUT2D eigenvalue weighted by molar-refractivity contribution is 5.98. The zero-order valence-electron chi connectivity index (χ0n) is 32.0. The fourth-order valence-electron chi connectivity index (χ4n) is 6.76. The Kier molecular flexibility index (Phi) is 8.04. The minimum atomic E-state index is -0.972. The first kappa shape index (κ1) is 36.9. The highest BCUT2D eigenvalue weighted by Crippen LogP contribution is 2.42. The molecule has 13 nitrogen and oxygen atoms in total. The van der Waals surface area contributed by atoms with Crippen LogP contribution in [0, 0.1) is 15.6 Å². The van der Waals surface area contributed by atoms with Gasteiger partial charge in [0, 0.05) is 32.7 Å². The number of amidine groups is 3. The van der Waals surface area contributed by atoms with E-state index < -0.39 is 33.2 Å². The summed E-state index contributed by atoms with van der Waals surface area (Å²) in [6.07, 6.45) is 0. The molecule has 6 rings (SSSR count). The molecule has 0 bridgehead atoms. The molecule has 3 aliphatic rings. The summed E-state index contributed by atoms with van der Waals surface area (Å²) in [5, 5.41) is 82.5. The first-order valence-corrected chi connectivity index (χ1v) is 17.4. The summed E-state index contributed by atoms with van der Waals surface area (Å²) in [6.45, 7) is 20.9. The zero-order valence-corrected chi connectivity index (χ0v) is 32.0. The van der Waals surface area contributed by atoms with Crippen LogP contribution in [0.2, 0.25) is 0 Å². The van der Waals surface area contributed by atoms with Crippen LogP contribution < -0.4 is 4.90 Å². The van der Waals surface area contributed by atoms with Crippen molar-refractivity contribution in [2.24, 2.45) is 0 Å². The molecular formula is C39H48N7O6. The summed E-state index contributed by atoms with van der Waals surface area (Å²) in [6, 6.07) is 21.1. The molecule has 0 saturated heterocycles. The van der Waals surface area contributed by atoms with E-state index in [1.54, 1.807) is 156 Å². The van der Waals surface area contributed by atoms with E-state index in [1.807, 2.05) is 4.90 Å². The van der Waals surface area contributed by atoms with Crippen LogP contribution in [-0.4, -0.2) is 80.1 Å². The summed E-state index contributed by atoms with van der Waals surface area (Å²) in [5.41, 5.74) is -2.43. The highest BCUT2D eigenvalue weighted by Gasteiger charge is 2.62. The van der Waals surface area contributed by atoms with Crippen molar-refractivity contribution in [1.82, 2.24) is 15.2 Å². The molecule has 0 aliphatic carbocycles. The van der Waals surface area contributed by atoms with Crippen LogP contribution in [0.1, 0.15) is 99.8 Å². The molecule has 0 N–H and O–H groups in total. The standard InChI is InChI=1S/C39H48N7O6/c1-34(2)35(3,4)42(48)31(41(34)47)25-13-19-28(20-14-25)40(29-21-15-26(16-22-29)32-43(49)36(5,6)37(7,8)44(32)50)30-23-17-27(18-24-30)33-45(51)38(9,10)39(11,12)46(33)52/h13-24H,1-12H3. The first-order valence-electron chi connectivity index (χ1n) is 17.4. The summed E-state index contributed by atoms with van der Waals surface area (Å²) in [7, 11) is 0. The number of hydrogen-bond donors (Lipinski definition) is 0. The van der Waals surface area contributed by atoms with Crippen molar-refractivity contribution in [3.05, 3.63) is 105 Å². The topological polar surface area (TPSA) is 151 Å². The second kappa shape index (κ2) is 11.3.